The van der Waals surface area contributed by atoms with E-state index in [0.717, 1.165) is 6.07 Å². The molecule has 2 aromatic carbocycles. The molecule has 1 fully saturated rings. The van der Waals surface area contributed by atoms with Gasteiger partial charge in [-0.3, -0.25) is 19.7 Å². The van der Waals surface area contributed by atoms with Gasteiger partial charge < -0.3 is 29.0 Å². The van der Waals surface area contributed by atoms with Gasteiger partial charge in [-0.25, -0.2) is 0 Å². The maximum atomic E-state index is 13.2. The summed E-state index contributed by atoms with van der Waals surface area (Å²) >= 11 is 0. The van der Waals surface area contributed by atoms with Crippen LogP contribution in [0.4, 0.5) is 5.69 Å². The zero-order chi connectivity index (χ0) is 26.6. The van der Waals surface area contributed by atoms with Crippen LogP contribution in [0.5, 0.6) is 17.2 Å². The first-order chi connectivity index (χ1) is 17.1. The largest absolute Gasteiger partial charge is 0.507 e. The average molecular weight is 501 g/mol. The van der Waals surface area contributed by atoms with Gasteiger partial charge in [-0.2, -0.15) is 0 Å². The second-order valence-electron chi connectivity index (χ2n) is 8.18. The normalized spacial score (nSPS) is 16.9. The number of Topliss-reactive ketones (excluding diaryl/α,β-unsaturated/α-hetero) is 1. The molecule has 2 aromatic rings. The lowest BCUT2D eigenvalue weighted by molar-refractivity contribution is -0.384. The third kappa shape index (κ3) is 5.10. The molecule has 11 heteroatoms. The lowest BCUT2D eigenvalue weighted by Crippen LogP contribution is -2.33. The summed E-state index contributed by atoms with van der Waals surface area (Å²) in [5.41, 5.74) is -0.0689. The molecule has 0 saturated carbocycles. The predicted molar refractivity (Wildman–Crippen MR) is 129 cm³/mol. The number of likely N-dealkylation sites (tertiary alicyclic amines) is 1. The van der Waals surface area contributed by atoms with E-state index in [-0.39, 0.29) is 47.6 Å². The molecule has 36 heavy (non-hydrogen) atoms. The number of ether oxygens (including phenoxy) is 4. The summed E-state index contributed by atoms with van der Waals surface area (Å²) in [6, 6.07) is 7.31. The van der Waals surface area contributed by atoms with Gasteiger partial charge in [0.1, 0.15) is 5.76 Å². The maximum absolute atomic E-state index is 13.2. The maximum Gasteiger partial charge on any atom is 0.295 e. The van der Waals surface area contributed by atoms with Gasteiger partial charge in [0.05, 0.1) is 50.6 Å². The number of carbonyl (C=O) groups excluding carboxylic acids is 2. The van der Waals surface area contributed by atoms with Crippen molar-refractivity contribution in [1.29, 1.82) is 0 Å². The number of nitrogens with zero attached hydrogens (tertiary/aromatic N) is 2. The van der Waals surface area contributed by atoms with Gasteiger partial charge in [0.25, 0.3) is 17.4 Å². The van der Waals surface area contributed by atoms with E-state index in [1.807, 2.05) is 13.8 Å². The van der Waals surface area contributed by atoms with Crippen LogP contribution in [-0.2, 0) is 14.3 Å². The van der Waals surface area contributed by atoms with Gasteiger partial charge in [-0.05, 0) is 31.5 Å². The Morgan fingerprint density at radius 2 is 1.72 bits per heavy atom. The Labute approximate surface area is 208 Å². The Kier molecular flexibility index (Phi) is 8.15. The molecule has 1 aliphatic rings. The number of carbonyl (C=O) groups is 2. The van der Waals surface area contributed by atoms with Crippen molar-refractivity contribution in [3.63, 3.8) is 0 Å². The number of hydrogen-bond donors (Lipinski definition) is 1. The minimum atomic E-state index is -1.05. The molecule has 1 heterocycles. The van der Waals surface area contributed by atoms with E-state index in [4.69, 9.17) is 18.9 Å². The van der Waals surface area contributed by atoms with E-state index in [1.54, 1.807) is 12.1 Å². The number of rotatable bonds is 10. The molecule has 11 nitrogen and oxygen atoms in total. The molecule has 0 bridgehead atoms. The molecule has 1 N–H and O–H groups in total. The van der Waals surface area contributed by atoms with Crippen molar-refractivity contribution in [2.24, 2.45) is 0 Å². The monoisotopic (exact) mass is 500 g/mol. The van der Waals surface area contributed by atoms with Crippen molar-refractivity contribution < 1.29 is 38.6 Å². The summed E-state index contributed by atoms with van der Waals surface area (Å²) in [5, 5.41) is 22.4. The Bertz CT molecular complexity index is 1180. The molecule has 1 saturated heterocycles. The summed E-state index contributed by atoms with van der Waals surface area (Å²) in [6.07, 6.45) is -0.105. The zero-order valence-corrected chi connectivity index (χ0v) is 20.6. The summed E-state index contributed by atoms with van der Waals surface area (Å²) in [7, 11) is 4.30. The molecule has 0 aromatic heterocycles. The molecule has 0 radical (unpaired) electrons. The van der Waals surface area contributed by atoms with Crippen LogP contribution in [0.15, 0.2) is 42.0 Å². The summed E-state index contributed by atoms with van der Waals surface area (Å²) in [4.78, 5) is 38.2. The van der Waals surface area contributed by atoms with E-state index >= 15 is 0 Å². The number of ketones is 1. The van der Waals surface area contributed by atoms with Crippen LogP contribution >= 0.6 is 0 Å². The topological polar surface area (TPSA) is 138 Å². The molecule has 1 aliphatic heterocycles. The SMILES string of the molecule is COc1cc(C2/C(=C(\O)c3cccc([N+](=O)[O-])c3)C(=O)C(=O)N2CCOC(C)C)cc(OC)c1OC. The first-order valence-electron chi connectivity index (χ1n) is 11.1. The first-order valence-corrected chi connectivity index (χ1v) is 11.1. The number of hydrogen-bond acceptors (Lipinski definition) is 9. The van der Waals surface area contributed by atoms with Crippen LogP contribution in [0.25, 0.3) is 5.76 Å². The summed E-state index contributed by atoms with van der Waals surface area (Å²) in [5.74, 6) is -1.43. The highest BCUT2D eigenvalue weighted by atomic mass is 16.6. The number of non-ortho nitro benzene ring substituents is 1. The minimum Gasteiger partial charge on any atom is -0.507 e. The fourth-order valence-electron chi connectivity index (χ4n) is 4.03. The van der Waals surface area contributed by atoms with Crippen molar-refractivity contribution >= 4 is 23.1 Å². The third-order valence-corrected chi connectivity index (χ3v) is 5.66. The lowest BCUT2D eigenvalue weighted by atomic mass is 9.94. The second-order valence-corrected chi connectivity index (χ2v) is 8.18. The van der Waals surface area contributed by atoms with Gasteiger partial charge >= 0.3 is 0 Å². The van der Waals surface area contributed by atoms with Crippen LogP contribution in [0, 0.1) is 10.1 Å². The summed E-state index contributed by atoms with van der Waals surface area (Å²) < 4.78 is 21.8. The van der Waals surface area contributed by atoms with Crippen LogP contribution in [0.3, 0.4) is 0 Å². The van der Waals surface area contributed by atoms with Gasteiger partial charge in [0.2, 0.25) is 5.75 Å². The van der Waals surface area contributed by atoms with E-state index in [0.29, 0.717) is 11.3 Å². The van der Waals surface area contributed by atoms with Crippen molar-refractivity contribution in [3.8, 4) is 17.2 Å². The fourth-order valence-corrected chi connectivity index (χ4v) is 4.03. The third-order valence-electron chi connectivity index (χ3n) is 5.66. The molecule has 1 amide bonds. The van der Waals surface area contributed by atoms with Gasteiger partial charge in [0, 0.05) is 24.2 Å². The standard InChI is InChI=1S/C25H28N2O9/c1-14(2)36-10-9-26-21(16-12-18(33-3)24(35-5)19(13-16)34-4)20(23(29)25(26)30)22(28)15-7-6-8-17(11-15)27(31)32/h6-8,11-14,21,28H,9-10H2,1-5H3/b22-20+. The Morgan fingerprint density at radius 3 is 2.25 bits per heavy atom. The van der Waals surface area contributed by atoms with E-state index < -0.39 is 28.4 Å². The van der Waals surface area contributed by atoms with E-state index in [9.17, 15) is 24.8 Å². The zero-order valence-electron chi connectivity index (χ0n) is 20.6. The predicted octanol–water partition coefficient (Wildman–Crippen LogP) is 3.47. The number of nitro benzene ring substituents is 1. The molecular formula is C25H28N2O9. The fraction of sp³-hybridized carbons (Fsp3) is 0.360. The smallest absolute Gasteiger partial charge is 0.295 e. The van der Waals surface area contributed by atoms with Crippen molar-refractivity contribution in [1.82, 2.24) is 4.90 Å². The van der Waals surface area contributed by atoms with Gasteiger partial charge in [-0.1, -0.05) is 12.1 Å². The second kappa shape index (κ2) is 11.1. The number of methoxy groups -OCH3 is 3. The van der Waals surface area contributed by atoms with Crippen LogP contribution < -0.4 is 14.2 Å². The highest BCUT2D eigenvalue weighted by Crippen LogP contribution is 2.45. The van der Waals surface area contributed by atoms with Crippen molar-refractivity contribution in [2.75, 3.05) is 34.5 Å². The number of aliphatic hydroxyl groups is 1. The van der Waals surface area contributed by atoms with Crippen molar-refractivity contribution in [3.05, 3.63) is 63.2 Å². The quantitative estimate of drug-likeness (QED) is 0.171. The van der Waals surface area contributed by atoms with E-state index in [1.165, 1.54) is 44.4 Å². The first kappa shape index (κ1) is 26.5. The summed E-state index contributed by atoms with van der Waals surface area (Å²) in [6.45, 7) is 3.87. The Balaban J connectivity index is 2.24. The molecule has 1 atom stereocenters. The van der Waals surface area contributed by atoms with Gasteiger partial charge in [-0.15, -0.1) is 0 Å². The molecular weight excluding hydrogens is 472 g/mol. The number of aliphatic hydroxyl groups excluding tert-OH is 1. The van der Waals surface area contributed by atoms with E-state index in [2.05, 4.69) is 0 Å². The Morgan fingerprint density at radius 1 is 1.08 bits per heavy atom. The Hall–Kier alpha value is -4.12. The average Bonchev–Trinajstić information content (AvgIpc) is 3.12. The number of amides is 1. The molecule has 0 spiro atoms. The molecule has 1 unspecified atom stereocenters. The van der Waals surface area contributed by atoms with Crippen LogP contribution in [-0.4, -0.2) is 67.2 Å². The highest BCUT2D eigenvalue weighted by molar-refractivity contribution is 6.46. The van der Waals surface area contributed by atoms with Crippen LogP contribution in [0.2, 0.25) is 0 Å². The highest BCUT2D eigenvalue weighted by Gasteiger charge is 2.46. The molecule has 3 rings (SSSR count). The van der Waals surface area contributed by atoms with Crippen LogP contribution in [0.1, 0.15) is 31.0 Å². The minimum absolute atomic E-state index is 0.0260. The number of nitro groups is 1. The number of benzene rings is 2. The lowest BCUT2D eigenvalue weighted by Gasteiger charge is -2.26. The molecule has 192 valence electrons. The van der Waals surface area contributed by atoms with Crippen molar-refractivity contribution in [2.45, 2.75) is 26.0 Å². The van der Waals surface area contributed by atoms with Gasteiger partial charge in [0.15, 0.2) is 11.5 Å². The molecule has 0 aliphatic carbocycles.